The average molecular weight is 411 g/mol. The largest absolute Gasteiger partial charge is 0.292 e. The maximum atomic E-state index is 12.8. The number of Topliss-reactive ketones (excluding diaryl/α,β-unsaturated/α-hetero) is 1. The van der Waals surface area contributed by atoms with Crippen molar-refractivity contribution < 1.29 is 4.79 Å². The van der Waals surface area contributed by atoms with Crippen LogP contribution >= 0.6 is 46.0 Å². The van der Waals surface area contributed by atoms with Crippen LogP contribution in [0.25, 0.3) is 10.2 Å². The van der Waals surface area contributed by atoms with Crippen molar-refractivity contribution in [3.05, 3.63) is 42.1 Å². The fourth-order valence-corrected chi connectivity index (χ4v) is 6.29. The van der Waals surface area contributed by atoms with E-state index < -0.39 is 0 Å². The maximum absolute atomic E-state index is 12.8. The fraction of sp³-hybridized carbons (Fsp3) is 0.353. The number of thioether (sulfide) groups is 1. The minimum Gasteiger partial charge on any atom is -0.292 e. The highest BCUT2D eigenvalue weighted by atomic mass is 35.5. The van der Waals surface area contributed by atoms with Crippen LogP contribution in [0, 0.1) is 0 Å². The van der Waals surface area contributed by atoms with Crippen LogP contribution in [-0.2, 0) is 19.9 Å². The number of carbonyl (C=O) groups excluding carboxylic acids is 1. The number of aromatic nitrogens is 2. The Labute approximate surface area is 161 Å². The third-order valence-corrected chi connectivity index (χ3v) is 7.82. The van der Waals surface area contributed by atoms with Gasteiger partial charge in [0.15, 0.2) is 10.9 Å². The molecule has 1 aliphatic carbocycles. The average Bonchev–Trinajstić information content (AvgIpc) is 3.19. The summed E-state index contributed by atoms with van der Waals surface area (Å²) in [5.41, 5.74) is 1.19. The number of halogens is 1. The molecule has 8 heteroatoms. The maximum Gasteiger partial charge on any atom is 0.262 e. The summed E-state index contributed by atoms with van der Waals surface area (Å²) in [4.78, 5) is 32.5. The van der Waals surface area contributed by atoms with Gasteiger partial charge in [0.1, 0.15) is 4.83 Å². The van der Waals surface area contributed by atoms with Crippen LogP contribution in [0.1, 0.15) is 33.0 Å². The predicted octanol–water partition coefficient (Wildman–Crippen LogP) is 4.56. The molecule has 4 nitrogen and oxygen atoms in total. The molecule has 0 N–H and O–H groups in total. The zero-order chi connectivity index (χ0) is 17.6. The lowest BCUT2D eigenvalue weighted by Gasteiger charge is -2.10. The van der Waals surface area contributed by atoms with E-state index in [2.05, 4.69) is 4.98 Å². The van der Waals surface area contributed by atoms with Gasteiger partial charge < -0.3 is 0 Å². The minimum atomic E-state index is -0.00137. The fourth-order valence-electron chi connectivity index (χ4n) is 3.06. The smallest absolute Gasteiger partial charge is 0.262 e. The molecule has 0 aliphatic heterocycles. The molecule has 0 amide bonds. The van der Waals surface area contributed by atoms with Crippen LogP contribution < -0.4 is 5.56 Å². The van der Waals surface area contributed by atoms with E-state index in [9.17, 15) is 9.59 Å². The Morgan fingerprint density at radius 2 is 2.12 bits per heavy atom. The van der Waals surface area contributed by atoms with E-state index in [1.165, 1.54) is 40.0 Å². The highest BCUT2D eigenvalue weighted by molar-refractivity contribution is 7.99. The Bertz CT molecular complexity index is 1030. The highest BCUT2D eigenvalue weighted by Crippen LogP contribution is 2.34. The molecule has 0 radical (unpaired) electrons. The summed E-state index contributed by atoms with van der Waals surface area (Å²) in [5.74, 6) is 0.245. The Kier molecular flexibility index (Phi) is 4.75. The van der Waals surface area contributed by atoms with Crippen LogP contribution in [0.4, 0.5) is 0 Å². The molecule has 0 unspecified atom stereocenters. The molecule has 4 rings (SSSR count). The van der Waals surface area contributed by atoms with Crippen molar-refractivity contribution >= 4 is 62.0 Å². The molecule has 0 saturated carbocycles. The molecule has 3 aromatic rings. The summed E-state index contributed by atoms with van der Waals surface area (Å²) in [5, 5.41) is 1.37. The van der Waals surface area contributed by atoms with E-state index in [0.717, 1.165) is 29.5 Å². The summed E-state index contributed by atoms with van der Waals surface area (Å²) in [6.07, 6.45) is 4.33. The number of aryl methyl sites for hydroxylation is 2. The van der Waals surface area contributed by atoms with E-state index >= 15 is 0 Å². The predicted molar refractivity (Wildman–Crippen MR) is 106 cm³/mol. The molecule has 3 heterocycles. The zero-order valence-corrected chi connectivity index (χ0v) is 16.7. The number of hydrogen-bond acceptors (Lipinski definition) is 6. The molecule has 0 fully saturated rings. The second kappa shape index (κ2) is 6.87. The first kappa shape index (κ1) is 17.3. The van der Waals surface area contributed by atoms with Gasteiger partial charge in [-0.1, -0.05) is 23.4 Å². The lowest BCUT2D eigenvalue weighted by atomic mass is 9.97. The van der Waals surface area contributed by atoms with Crippen LogP contribution in [0.5, 0.6) is 0 Å². The van der Waals surface area contributed by atoms with Crippen molar-refractivity contribution in [2.75, 3.05) is 5.75 Å². The van der Waals surface area contributed by atoms with Crippen molar-refractivity contribution in [2.45, 2.75) is 30.8 Å². The monoisotopic (exact) mass is 410 g/mol. The lowest BCUT2D eigenvalue weighted by molar-refractivity contribution is 0.102. The minimum absolute atomic E-state index is 0.00137. The number of carbonyl (C=O) groups is 1. The molecule has 1 aliphatic rings. The van der Waals surface area contributed by atoms with E-state index in [1.807, 2.05) is 0 Å². The van der Waals surface area contributed by atoms with E-state index in [-0.39, 0.29) is 17.1 Å². The Hall–Kier alpha value is -1.15. The van der Waals surface area contributed by atoms with Crippen molar-refractivity contribution in [1.82, 2.24) is 9.55 Å². The van der Waals surface area contributed by atoms with Gasteiger partial charge in [0.05, 0.1) is 20.4 Å². The Morgan fingerprint density at radius 1 is 1.32 bits per heavy atom. The van der Waals surface area contributed by atoms with Crippen molar-refractivity contribution in [3.8, 4) is 0 Å². The number of ketones is 1. The van der Waals surface area contributed by atoms with Gasteiger partial charge in [0.25, 0.3) is 5.56 Å². The Balaban J connectivity index is 1.65. The third kappa shape index (κ3) is 3.18. The molecule has 0 atom stereocenters. The van der Waals surface area contributed by atoms with Gasteiger partial charge in [-0.3, -0.25) is 14.2 Å². The number of fused-ring (bicyclic) bond motifs is 3. The first-order chi connectivity index (χ1) is 12.0. The van der Waals surface area contributed by atoms with Gasteiger partial charge in [-0.15, -0.1) is 22.7 Å². The summed E-state index contributed by atoms with van der Waals surface area (Å²) in [6, 6.07) is 3.46. The molecule has 0 saturated heterocycles. The second-order valence-corrected chi connectivity index (χ2v) is 9.71. The standard InChI is InChI=1S/C17H15ClN2O2S3/c1-20-16(22)14-9-4-2-3-5-11(9)25-15(14)19-17(20)23-8-10(21)12-6-7-13(18)24-12/h6-7H,2-5,8H2,1H3. The van der Waals surface area contributed by atoms with Crippen LogP contribution in [0.15, 0.2) is 22.1 Å². The van der Waals surface area contributed by atoms with Crippen LogP contribution in [0.2, 0.25) is 4.34 Å². The van der Waals surface area contributed by atoms with Gasteiger partial charge >= 0.3 is 0 Å². The quantitative estimate of drug-likeness (QED) is 0.359. The first-order valence-corrected chi connectivity index (χ1v) is 11.0. The normalized spacial score (nSPS) is 14.0. The molecule has 25 heavy (non-hydrogen) atoms. The summed E-state index contributed by atoms with van der Waals surface area (Å²) >= 11 is 10.1. The number of rotatable bonds is 4. The summed E-state index contributed by atoms with van der Waals surface area (Å²) in [7, 11) is 1.73. The zero-order valence-electron chi connectivity index (χ0n) is 13.5. The van der Waals surface area contributed by atoms with Crippen LogP contribution in [0.3, 0.4) is 0 Å². The van der Waals surface area contributed by atoms with Crippen molar-refractivity contribution in [1.29, 1.82) is 0 Å². The van der Waals surface area contributed by atoms with E-state index in [4.69, 9.17) is 11.6 Å². The topological polar surface area (TPSA) is 52.0 Å². The van der Waals surface area contributed by atoms with E-state index in [0.29, 0.717) is 14.4 Å². The number of thiophene rings is 2. The van der Waals surface area contributed by atoms with Crippen LogP contribution in [-0.4, -0.2) is 21.1 Å². The summed E-state index contributed by atoms with van der Waals surface area (Å²) in [6.45, 7) is 0. The first-order valence-electron chi connectivity index (χ1n) is 7.97. The van der Waals surface area contributed by atoms with Crippen molar-refractivity contribution in [3.63, 3.8) is 0 Å². The Morgan fingerprint density at radius 3 is 2.88 bits per heavy atom. The molecule has 0 aromatic carbocycles. The molecule has 130 valence electrons. The third-order valence-electron chi connectivity index (χ3n) is 4.34. The second-order valence-electron chi connectivity index (χ2n) is 5.97. The molecule has 3 aromatic heterocycles. The molecular formula is C17H15ClN2O2S3. The van der Waals surface area contributed by atoms with Crippen molar-refractivity contribution in [2.24, 2.45) is 7.05 Å². The SMILES string of the molecule is Cn1c(SCC(=O)c2ccc(Cl)s2)nc2sc3c(c2c1=O)CCCC3. The van der Waals surface area contributed by atoms with Gasteiger partial charge in [0.2, 0.25) is 0 Å². The van der Waals surface area contributed by atoms with E-state index in [1.54, 1.807) is 35.1 Å². The molecule has 0 spiro atoms. The number of hydrogen-bond donors (Lipinski definition) is 0. The van der Waals surface area contributed by atoms with Gasteiger partial charge in [-0.25, -0.2) is 4.98 Å². The number of nitrogens with zero attached hydrogens (tertiary/aromatic N) is 2. The van der Waals surface area contributed by atoms with Gasteiger partial charge in [0, 0.05) is 11.9 Å². The molecular weight excluding hydrogens is 396 g/mol. The lowest BCUT2D eigenvalue weighted by Crippen LogP contribution is -2.21. The van der Waals surface area contributed by atoms with Gasteiger partial charge in [-0.05, 0) is 43.4 Å². The molecule has 0 bridgehead atoms. The van der Waals surface area contributed by atoms with Gasteiger partial charge in [-0.2, -0.15) is 0 Å². The summed E-state index contributed by atoms with van der Waals surface area (Å²) < 4.78 is 2.17. The highest BCUT2D eigenvalue weighted by Gasteiger charge is 2.21.